The standard InChI is InChI=1S/C26H32FN3.C4H10.C3H4.2C2H6/c1-7-20(11-18(5)16(2)3)13-21-14-22-24(12-19(21)6)28-15-29-26(22)30-23-10-8-9-17(4)25(23)27;1-3-4-2;1-3-2;2*1-2/h8-10,12,14-15,18,20H,2,7,11,13H2,1,3-6H3,(H,28,29,30);3-4H2,1-2H3;1H,2H3;2*1-2H3. The number of hydrogen-bond donors (Lipinski definition) is 1. The van der Waals surface area contributed by atoms with Crippen molar-refractivity contribution in [2.75, 3.05) is 5.32 Å². The number of halogens is 1. The van der Waals surface area contributed by atoms with Crippen molar-refractivity contribution in [2.24, 2.45) is 11.8 Å². The van der Waals surface area contributed by atoms with E-state index in [1.807, 2.05) is 33.8 Å². The molecule has 41 heavy (non-hydrogen) atoms. The molecule has 2 unspecified atom stereocenters. The number of anilines is 2. The molecule has 0 radical (unpaired) electrons. The first-order chi connectivity index (χ1) is 19.6. The highest BCUT2D eigenvalue weighted by Crippen LogP contribution is 2.30. The first kappa shape index (κ1) is 40.0. The number of rotatable bonds is 9. The van der Waals surface area contributed by atoms with Crippen molar-refractivity contribution < 1.29 is 4.39 Å². The average molecular weight is 564 g/mol. The third kappa shape index (κ3) is 14.3. The second-order valence-corrected chi connectivity index (χ2v) is 9.83. The Hall–Kier alpha value is -3.19. The fraction of sp³-hybridized carbons (Fsp3) is 0.514. The number of benzene rings is 2. The van der Waals surface area contributed by atoms with E-state index in [2.05, 4.69) is 87.9 Å². The number of hydrogen-bond acceptors (Lipinski definition) is 3. The van der Waals surface area contributed by atoms with Crippen LogP contribution in [-0.2, 0) is 6.42 Å². The Morgan fingerprint density at radius 3 is 2.12 bits per heavy atom. The van der Waals surface area contributed by atoms with Crippen molar-refractivity contribution in [1.82, 2.24) is 9.97 Å². The summed E-state index contributed by atoms with van der Waals surface area (Å²) in [5.41, 5.74) is 5.67. The molecule has 0 bridgehead atoms. The van der Waals surface area contributed by atoms with Gasteiger partial charge in [0.1, 0.15) is 18.0 Å². The zero-order valence-electron chi connectivity index (χ0n) is 28.2. The Balaban J connectivity index is 0. The largest absolute Gasteiger partial charge is 0.337 e. The Labute approximate surface area is 252 Å². The highest BCUT2D eigenvalue weighted by atomic mass is 19.1. The third-order valence-corrected chi connectivity index (χ3v) is 6.65. The molecular weight excluding hydrogens is 505 g/mol. The van der Waals surface area contributed by atoms with Crippen LogP contribution in [0, 0.1) is 43.8 Å². The van der Waals surface area contributed by atoms with E-state index in [1.54, 1.807) is 26.0 Å². The Morgan fingerprint density at radius 2 is 1.61 bits per heavy atom. The van der Waals surface area contributed by atoms with Gasteiger partial charge in [-0.3, -0.25) is 0 Å². The number of allylic oxidation sites excluding steroid dienone is 1. The SMILES string of the molecule is C#CC.C=C(C)C(C)CC(CC)Cc1cc2c(Nc3cccc(C)c3F)ncnc2cc1C.CC.CC.CCCC. The number of unbranched alkanes of at least 4 members (excludes halogenated alkanes) is 1. The second-order valence-electron chi connectivity index (χ2n) is 9.83. The van der Waals surface area contributed by atoms with Crippen LogP contribution in [0.25, 0.3) is 10.9 Å². The van der Waals surface area contributed by atoms with E-state index in [0.29, 0.717) is 28.9 Å². The van der Waals surface area contributed by atoms with Gasteiger partial charge in [0.2, 0.25) is 0 Å². The summed E-state index contributed by atoms with van der Waals surface area (Å²) in [4.78, 5) is 8.85. The van der Waals surface area contributed by atoms with Gasteiger partial charge in [-0.2, -0.15) is 0 Å². The van der Waals surface area contributed by atoms with E-state index in [1.165, 1.54) is 35.9 Å². The molecule has 0 spiro atoms. The average Bonchev–Trinajstić information content (AvgIpc) is 2.98. The summed E-state index contributed by atoms with van der Waals surface area (Å²) in [6.45, 7) is 28.6. The van der Waals surface area contributed by atoms with Crippen molar-refractivity contribution in [3.05, 3.63) is 71.3 Å². The molecule has 2 aromatic carbocycles. The van der Waals surface area contributed by atoms with Gasteiger partial charge in [-0.15, -0.1) is 12.3 Å². The summed E-state index contributed by atoms with van der Waals surface area (Å²) < 4.78 is 14.5. The summed E-state index contributed by atoms with van der Waals surface area (Å²) >= 11 is 0. The lowest BCUT2D eigenvalue weighted by Gasteiger charge is -2.21. The lowest BCUT2D eigenvalue weighted by atomic mass is 9.84. The highest BCUT2D eigenvalue weighted by Gasteiger charge is 2.16. The number of terminal acetylenes is 1. The van der Waals surface area contributed by atoms with E-state index in [-0.39, 0.29) is 5.82 Å². The van der Waals surface area contributed by atoms with Crippen LogP contribution in [0.15, 0.2) is 48.8 Å². The molecule has 2 atom stereocenters. The molecule has 3 nitrogen and oxygen atoms in total. The Morgan fingerprint density at radius 1 is 1.02 bits per heavy atom. The molecule has 3 aromatic rings. The van der Waals surface area contributed by atoms with E-state index < -0.39 is 0 Å². The van der Waals surface area contributed by atoms with Gasteiger partial charge in [-0.05, 0) is 87.3 Å². The lowest BCUT2D eigenvalue weighted by Crippen LogP contribution is -2.10. The summed E-state index contributed by atoms with van der Waals surface area (Å²) in [6, 6.07) is 9.62. The van der Waals surface area contributed by atoms with Crippen LogP contribution in [0.5, 0.6) is 0 Å². The van der Waals surface area contributed by atoms with Gasteiger partial charge in [0.25, 0.3) is 0 Å². The number of nitrogens with one attached hydrogen (secondary N) is 1. The van der Waals surface area contributed by atoms with Gasteiger partial charge in [0.15, 0.2) is 0 Å². The maximum atomic E-state index is 14.5. The van der Waals surface area contributed by atoms with Crippen LogP contribution in [0.3, 0.4) is 0 Å². The summed E-state index contributed by atoms with van der Waals surface area (Å²) in [6.07, 6.45) is 12.0. The van der Waals surface area contributed by atoms with Crippen molar-refractivity contribution in [3.63, 3.8) is 0 Å². The smallest absolute Gasteiger partial charge is 0.149 e. The fourth-order valence-corrected chi connectivity index (χ4v) is 3.85. The third-order valence-electron chi connectivity index (χ3n) is 6.65. The van der Waals surface area contributed by atoms with Crippen molar-refractivity contribution in [1.29, 1.82) is 0 Å². The zero-order valence-corrected chi connectivity index (χ0v) is 28.2. The molecule has 0 aliphatic heterocycles. The number of aromatic nitrogens is 2. The van der Waals surface area contributed by atoms with Gasteiger partial charge in [-0.1, -0.05) is 98.9 Å². The van der Waals surface area contributed by atoms with E-state index >= 15 is 0 Å². The van der Waals surface area contributed by atoms with E-state index in [0.717, 1.165) is 30.2 Å². The minimum absolute atomic E-state index is 0.253. The van der Waals surface area contributed by atoms with Crippen LogP contribution in [0.2, 0.25) is 0 Å². The molecule has 1 N–H and O–H groups in total. The van der Waals surface area contributed by atoms with Gasteiger partial charge >= 0.3 is 0 Å². The molecule has 3 rings (SSSR count). The van der Waals surface area contributed by atoms with Crippen LogP contribution in [0.1, 0.15) is 112 Å². The van der Waals surface area contributed by atoms with Crippen LogP contribution in [0.4, 0.5) is 15.9 Å². The topological polar surface area (TPSA) is 37.8 Å². The van der Waals surface area contributed by atoms with Crippen molar-refractivity contribution >= 4 is 22.4 Å². The number of fused-ring (bicyclic) bond motifs is 1. The molecule has 0 fully saturated rings. The minimum Gasteiger partial charge on any atom is -0.337 e. The molecule has 0 aliphatic rings. The number of aryl methyl sites for hydroxylation is 2. The fourth-order valence-electron chi connectivity index (χ4n) is 3.85. The molecule has 228 valence electrons. The Kier molecular flexibility index (Phi) is 22.9. The van der Waals surface area contributed by atoms with Crippen LogP contribution >= 0.6 is 0 Å². The van der Waals surface area contributed by atoms with Gasteiger partial charge in [-0.25, -0.2) is 14.4 Å². The lowest BCUT2D eigenvalue weighted by molar-refractivity contribution is 0.408. The quantitative estimate of drug-likeness (QED) is 0.208. The Bertz CT molecular complexity index is 1170. The summed E-state index contributed by atoms with van der Waals surface area (Å²) in [5.74, 6) is 3.73. The predicted octanol–water partition coefficient (Wildman–Crippen LogP) is 11.8. The molecule has 0 saturated carbocycles. The highest BCUT2D eigenvalue weighted by molar-refractivity contribution is 5.91. The predicted molar refractivity (Wildman–Crippen MR) is 183 cm³/mol. The molecule has 1 aromatic heterocycles. The summed E-state index contributed by atoms with van der Waals surface area (Å²) in [7, 11) is 0. The molecule has 1 heterocycles. The van der Waals surface area contributed by atoms with E-state index in [9.17, 15) is 4.39 Å². The molecule has 4 heteroatoms. The maximum Gasteiger partial charge on any atom is 0.149 e. The monoisotopic (exact) mass is 563 g/mol. The van der Waals surface area contributed by atoms with Crippen molar-refractivity contribution in [3.8, 4) is 12.3 Å². The second kappa shape index (κ2) is 23.5. The first-order valence-electron chi connectivity index (χ1n) is 15.4. The molecule has 0 amide bonds. The van der Waals surface area contributed by atoms with Gasteiger partial charge in [0.05, 0.1) is 11.2 Å². The summed E-state index contributed by atoms with van der Waals surface area (Å²) in [5, 5.41) is 4.10. The van der Waals surface area contributed by atoms with Crippen LogP contribution in [-0.4, -0.2) is 9.97 Å². The molecular formula is C37H58FN3. The van der Waals surface area contributed by atoms with Crippen molar-refractivity contribution in [2.45, 2.75) is 115 Å². The first-order valence-corrected chi connectivity index (χ1v) is 15.4. The van der Waals surface area contributed by atoms with Gasteiger partial charge in [0, 0.05) is 5.39 Å². The van der Waals surface area contributed by atoms with Crippen LogP contribution < -0.4 is 5.32 Å². The molecule has 0 saturated heterocycles. The normalized spacial score (nSPS) is 10.9. The zero-order chi connectivity index (χ0) is 32.0. The maximum absolute atomic E-state index is 14.5. The van der Waals surface area contributed by atoms with Gasteiger partial charge < -0.3 is 5.32 Å². The number of nitrogens with zero attached hydrogens (tertiary/aromatic N) is 2. The minimum atomic E-state index is -0.253. The molecule has 0 aliphatic carbocycles. The van der Waals surface area contributed by atoms with E-state index in [4.69, 9.17) is 0 Å².